The second kappa shape index (κ2) is 4.10. The van der Waals surface area contributed by atoms with Crippen LogP contribution in [0.4, 0.5) is 4.79 Å². The van der Waals surface area contributed by atoms with Crippen molar-refractivity contribution in [2.24, 2.45) is 5.73 Å². The Morgan fingerprint density at radius 2 is 2.25 bits per heavy atom. The van der Waals surface area contributed by atoms with E-state index in [2.05, 4.69) is 17.0 Å². The molecule has 1 amide bonds. The molecule has 0 bridgehead atoms. The molecule has 0 radical (unpaired) electrons. The van der Waals surface area contributed by atoms with E-state index < -0.39 is 21.4 Å². The van der Waals surface area contributed by atoms with Crippen LogP contribution in [-0.4, -0.2) is 25.7 Å². The van der Waals surface area contributed by atoms with Gasteiger partial charge in [-0.15, -0.1) is 6.58 Å². The number of carbonyl (C=O) groups is 1. The van der Waals surface area contributed by atoms with Gasteiger partial charge in [0.25, 0.3) is 0 Å². The summed E-state index contributed by atoms with van der Waals surface area (Å²) in [5.41, 5.74) is 3.42. The van der Waals surface area contributed by atoms with Crippen molar-refractivity contribution in [2.75, 3.05) is 5.75 Å². The summed E-state index contributed by atoms with van der Waals surface area (Å²) in [6.45, 7) is 4.50. The van der Waals surface area contributed by atoms with Gasteiger partial charge in [-0.05, 0) is 6.92 Å². The lowest BCUT2D eigenvalue weighted by molar-refractivity contribution is 0.148. The van der Waals surface area contributed by atoms with Crippen molar-refractivity contribution < 1.29 is 17.9 Å². The smallest absolute Gasteiger partial charge is 0.405 e. The Kier molecular flexibility index (Phi) is 3.75. The van der Waals surface area contributed by atoms with E-state index in [1.165, 1.54) is 13.0 Å². The number of sulfone groups is 1. The van der Waals surface area contributed by atoms with Crippen LogP contribution in [0.25, 0.3) is 0 Å². The SMILES string of the molecule is C=CCS(=O)(=O)C(C)OC(N)=O. The Labute approximate surface area is 71.1 Å². The van der Waals surface area contributed by atoms with Crippen molar-refractivity contribution in [3.8, 4) is 0 Å². The lowest BCUT2D eigenvalue weighted by atomic mass is 10.8. The molecule has 0 aromatic rings. The van der Waals surface area contributed by atoms with Gasteiger partial charge in [0.05, 0.1) is 5.75 Å². The highest BCUT2D eigenvalue weighted by atomic mass is 32.2. The fraction of sp³-hybridized carbons (Fsp3) is 0.500. The quantitative estimate of drug-likeness (QED) is 0.638. The van der Waals surface area contributed by atoms with Crippen LogP contribution in [-0.2, 0) is 14.6 Å². The van der Waals surface area contributed by atoms with Crippen molar-refractivity contribution in [1.82, 2.24) is 0 Å². The summed E-state index contributed by atoms with van der Waals surface area (Å²) in [6.07, 6.45) is 0.117. The minimum Gasteiger partial charge on any atom is -0.430 e. The number of hydrogen-bond donors (Lipinski definition) is 1. The molecule has 0 fully saturated rings. The summed E-state index contributed by atoms with van der Waals surface area (Å²) >= 11 is 0. The minimum absolute atomic E-state index is 0.235. The van der Waals surface area contributed by atoms with Gasteiger partial charge in [-0.2, -0.15) is 0 Å². The summed E-state index contributed by atoms with van der Waals surface area (Å²) in [6, 6.07) is 0. The molecular weight excluding hydrogens is 182 g/mol. The van der Waals surface area contributed by atoms with Crippen molar-refractivity contribution >= 4 is 15.9 Å². The molecule has 2 N–H and O–H groups in total. The van der Waals surface area contributed by atoms with Crippen molar-refractivity contribution in [3.05, 3.63) is 12.7 Å². The average Bonchev–Trinajstić information content (AvgIpc) is 1.85. The second-order valence-corrected chi connectivity index (χ2v) is 4.45. The lowest BCUT2D eigenvalue weighted by Gasteiger charge is -2.10. The first-order valence-corrected chi connectivity index (χ1v) is 4.90. The number of ether oxygens (including phenoxy) is 1. The summed E-state index contributed by atoms with van der Waals surface area (Å²) in [5, 5.41) is 0. The molecule has 0 aromatic carbocycles. The third-order valence-corrected chi connectivity index (χ3v) is 2.95. The number of amides is 1. The van der Waals surface area contributed by atoms with Crippen LogP contribution in [0.5, 0.6) is 0 Å². The molecule has 0 aliphatic rings. The fourth-order valence-electron chi connectivity index (χ4n) is 0.537. The first-order chi connectivity index (χ1) is 5.40. The normalized spacial score (nSPS) is 13.4. The average molecular weight is 193 g/mol. The van der Waals surface area contributed by atoms with Gasteiger partial charge in [-0.25, -0.2) is 13.2 Å². The Balaban J connectivity index is 4.35. The van der Waals surface area contributed by atoms with Gasteiger partial charge in [-0.1, -0.05) is 6.08 Å². The largest absolute Gasteiger partial charge is 0.430 e. The molecule has 1 atom stereocenters. The van der Waals surface area contributed by atoms with Crippen molar-refractivity contribution in [2.45, 2.75) is 12.4 Å². The maximum Gasteiger partial charge on any atom is 0.405 e. The Hall–Kier alpha value is -1.04. The molecule has 0 saturated heterocycles. The van der Waals surface area contributed by atoms with Gasteiger partial charge < -0.3 is 10.5 Å². The third kappa shape index (κ3) is 3.38. The van der Waals surface area contributed by atoms with E-state index in [9.17, 15) is 13.2 Å². The van der Waals surface area contributed by atoms with Gasteiger partial charge in [0.2, 0.25) is 5.44 Å². The molecule has 0 rings (SSSR count). The Morgan fingerprint density at radius 1 is 1.75 bits per heavy atom. The van der Waals surface area contributed by atoms with Crippen molar-refractivity contribution in [3.63, 3.8) is 0 Å². The molecule has 0 heterocycles. The van der Waals surface area contributed by atoms with Gasteiger partial charge in [0.15, 0.2) is 9.84 Å². The third-order valence-electron chi connectivity index (χ3n) is 1.14. The van der Waals surface area contributed by atoms with E-state index in [0.717, 1.165) is 0 Å². The monoisotopic (exact) mass is 193 g/mol. The molecule has 0 aliphatic heterocycles. The van der Waals surface area contributed by atoms with E-state index in [1.807, 2.05) is 0 Å². The van der Waals surface area contributed by atoms with Gasteiger partial charge >= 0.3 is 6.09 Å². The number of nitrogens with two attached hydrogens (primary N) is 1. The molecule has 0 aromatic heterocycles. The second-order valence-electron chi connectivity index (χ2n) is 2.12. The Morgan fingerprint density at radius 3 is 2.58 bits per heavy atom. The lowest BCUT2D eigenvalue weighted by Crippen LogP contribution is -2.28. The minimum atomic E-state index is -3.45. The van der Waals surface area contributed by atoms with Crippen LogP contribution in [0.1, 0.15) is 6.92 Å². The van der Waals surface area contributed by atoms with E-state index in [1.54, 1.807) is 0 Å². The van der Waals surface area contributed by atoms with Crippen LogP contribution in [0, 0.1) is 0 Å². The van der Waals surface area contributed by atoms with Crippen LogP contribution in [0.15, 0.2) is 12.7 Å². The van der Waals surface area contributed by atoms with Gasteiger partial charge in [0.1, 0.15) is 0 Å². The van der Waals surface area contributed by atoms with E-state index in [0.29, 0.717) is 0 Å². The molecule has 0 saturated carbocycles. The first-order valence-electron chi connectivity index (χ1n) is 3.18. The highest BCUT2D eigenvalue weighted by molar-refractivity contribution is 7.92. The standard InChI is InChI=1S/C6H11NO4S/c1-3-4-12(9,10)5(2)11-6(7)8/h3,5H,1,4H2,2H3,(H2,7,8). The van der Waals surface area contributed by atoms with E-state index in [-0.39, 0.29) is 5.75 Å². The molecule has 5 nitrogen and oxygen atoms in total. The summed E-state index contributed by atoms with van der Waals surface area (Å²) < 4.78 is 26.4. The zero-order valence-corrected chi connectivity index (χ0v) is 7.50. The zero-order chi connectivity index (χ0) is 9.78. The topological polar surface area (TPSA) is 86.5 Å². The Bertz CT molecular complexity index is 269. The predicted octanol–water partition coefficient (Wildman–Crippen LogP) is 0.0285. The summed E-state index contributed by atoms with van der Waals surface area (Å²) in [7, 11) is -3.45. The highest BCUT2D eigenvalue weighted by Gasteiger charge is 2.21. The predicted molar refractivity (Wildman–Crippen MR) is 44.1 cm³/mol. The van der Waals surface area contributed by atoms with Crippen LogP contribution in [0.3, 0.4) is 0 Å². The van der Waals surface area contributed by atoms with Crippen molar-refractivity contribution in [1.29, 1.82) is 0 Å². The number of primary amides is 1. The molecule has 0 spiro atoms. The van der Waals surface area contributed by atoms with E-state index in [4.69, 9.17) is 0 Å². The summed E-state index contributed by atoms with van der Waals surface area (Å²) in [5.74, 6) is -0.235. The fourth-order valence-corrected chi connectivity index (χ4v) is 1.38. The van der Waals surface area contributed by atoms with Gasteiger partial charge in [0, 0.05) is 0 Å². The van der Waals surface area contributed by atoms with Crippen LogP contribution < -0.4 is 5.73 Å². The number of carbonyl (C=O) groups excluding carboxylic acids is 1. The highest BCUT2D eigenvalue weighted by Crippen LogP contribution is 2.03. The molecule has 12 heavy (non-hydrogen) atoms. The van der Waals surface area contributed by atoms with Crippen LogP contribution >= 0.6 is 0 Å². The molecule has 70 valence electrons. The zero-order valence-electron chi connectivity index (χ0n) is 6.69. The molecule has 6 heteroatoms. The molecular formula is C6H11NO4S. The van der Waals surface area contributed by atoms with Crippen LogP contribution in [0.2, 0.25) is 0 Å². The summed E-state index contributed by atoms with van der Waals surface area (Å²) in [4.78, 5) is 10.2. The first kappa shape index (κ1) is 11.0. The maximum absolute atomic E-state index is 11.1. The number of hydrogen-bond acceptors (Lipinski definition) is 4. The molecule has 0 aliphatic carbocycles. The van der Waals surface area contributed by atoms with Gasteiger partial charge in [-0.3, -0.25) is 0 Å². The number of rotatable bonds is 4. The molecule has 1 unspecified atom stereocenters. The maximum atomic E-state index is 11.1. The van der Waals surface area contributed by atoms with E-state index >= 15 is 0 Å².